The third-order valence-electron chi connectivity index (χ3n) is 13.4. The third-order valence-corrected chi connectivity index (χ3v) is 13.4. The van der Waals surface area contributed by atoms with E-state index in [4.69, 9.17) is 15.6 Å². The van der Waals surface area contributed by atoms with Crippen molar-refractivity contribution in [1.82, 2.24) is 30.2 Å². The zero-order valence-electron chi connectivity index (χ0n) is 36.1. The first-order valence-corrected chi connectivity index (χ1v) is 22.4. The number of nitrogens with one attached hydrogen (secondary N) is 3. The fourth-order valence-electron chi connectivity index (χ4n) is 9.93. The molecule has 5 N–H and O–H groups in total. The summed E-state index contributed by atoms with van der Waals surface area (Å²) in [5.41, 5.74) is 9.91. The fourth-order valence-corrected chi connectivity index (χ4v) is 9.93. The molecule has 0 spiro atoms. The molecule has 338 valence electrons. The maximum Gasteiger partial charge on any atom is 0.262 e. The van der Waals surface area contributed by atoms with Crippen molar-refractivity contribution in [1.29, 1.82) is 0 Å². The normalized spacial score (nSPS) is 20.7. The summed E-state index contributed by atoms with van der Waals surface area (Å²) in [6.45, 7) is 3.82. The Morgan fingerprint density at radius 1 is 0.788 bits per heavy atom. The van der Waals surface area contributed by atoms with Crippen LogP contribution in [-0.4, -0.2) is 99.8 Å². The molecule has 1 unspecified atom stereocenters. The van der Waals surface area contributed by atoms with Gasteiger partial charge in [0.25, 0.3) is 23.6 Å². The van der Waals surface area contributed by atoms with Gasteiger partial charge in [0, 0.05) is 68.5 Å². The lowest BCUT2D eigenvalue weighted by Gasteiger charge is -2.39. The van der Waals surface area contributed by atoms with Gasteiger partial charge in [-0.25, -0.2) is 9.07 Å². The number of carbonyl (C=O) groups excluding carboxylic acids is 6. The van der Waals surface area contributed by atoms with Crippen LogP contribution in [0.4, 0.5) is 21.6 Å². The molecule has 66 heavy (non-hydrogen) atoms. The number of para-hydroxylation sites is 1. The Morgan fingerprint density at radius 3 is 2.21 bits per heavy atom. The minimum absolute atomic E-state index is 0.00627. The van der Waals surface area contributed by atoms with Crippen LogP contribution in [0.25, 0.3) is 11.3 Å². The number of nitrogens with two attached hydrogens (primary N) is 1. The summed E-state index contributed by atoms with van der Waals surface area (Å²) in [4.78, 5) is 82.2. The number of halogens is 1. The molecule has 1 aliphatic carbocycles. The van der Waals surface area contributed by atoms with Crippen LogP contribution in [-0.2, 0) is 22.6 Å². The molecular formula is C49H48FN9O7. The van der Waals surface area contributed by atoms with Crippen molar-refractivity contribution in [3.63, 3.8) is 0 Å². The summed E-state index contributed by atoms with van der Waals surface area (Å²) in [6.07, 6.45) is 4.24. The number of primary amides is 1. The van der Waals surface area contributed by atoms with Crippen LogP contribution < -0.4 is 31.3 Å². The number of hydrogen-bond donors (Lipinski definition) is 4. The van der Waals surface area contributed by atoms with E-state index in [0.717, 1.165) is 60.0 Å². The third kappa shape index (κ3) is 8.25. The van der Waals surface area contributed by atoms with E-state index < -0.39 is 41.4 Å². The van der Waals surface area contributed by atoms with Gasteiger partial charge in [-0.1, -0.05) is 18.2 Å². The van der Waals surface area contributed by atoms with Gasteiger partial charge < -0.3 is 26.0 Å². The molecule has 5 heterocycles. The van der Waals surface area contributed by atoms with Gasteiger partial charge in [0.05, 0.1) is 16.8 Å². The number of fused-ring (bicyclic) bond motifs is 3. The summed E-state index contributed by atoms with van der Waals surface area (Å²) >= 11 is 0. The first kappa shape index (κ1) is 42.5. The first-order valence-electron chi connectivity index (χ1n) is 22.4. The standard InChI is InChI=1S/C49H48FN9O7/c50-37-25-35-36(49(65)59(48(35)64)39-16-17-41(60)54-47(39)63)26-40(37)57-22-20-56(21-23-57)27-28-6-11-32(12-7-28)52-46(62)31-10-15-38-30(24-31)18-19-58-45(53-38)42(44(51)61)43(55-58)29-8-13-34(14-9-29)66-33-4-2-1-3-5-33/h1-5,8-10,13-15,24-26,28,32,39,53H,6-7,11-12,16-23,27H2,(H2,51,61)(H,52,62)(H,54,60,63)/t28-,32-,39?. The van der Waals surface area contributed by atoms with Gasteiger partial charge in [-0.3, -0.25) is 43.9 Å². The second-order valence-electron chi connectivity index (χ2n) is 17.6. The number of amides is 6. The minimum Gasteiger partial charge on any atom is -0.457 e. The molecule has 0 radical (unpaired) electrons. The predicted molar refractivity (Wildman–Crippen MR) is 241 cm³/mol. The van der Waals surface area contributed by atoms with Crippen LogP contribution in [0, 0.1) is 11.7 Å². The van der Waals surface area contributed by atoms with Crippen molar-refractivity contribution in [2.45, 2.75) is 63.6 Å². The van der Waals surface area contributed by atoms with E-state index >= 15 is 4.39 Å². The Labute approximate surface area is 379 Å². The van der Waals surface area contributed by atoms with Gasteiger partial charge in [0.2, 0.25) is 11.8 Å². The molecule has 5 aromatic rings. The number of carbonyl (C=O) groups is 6. The first-order chi connectivity index (χ1) is 32.0. The fraction of sp³-hybridized carbons (Fsp3) is 0.327. The SMILES string of the molecule is NC(=O)c1c(-c2ccc(Oc3ccccc3)cc2)nn2c1Nc1ccc(C(=O)N[C@H]3CC[C@H](CN4CCN(c5cc6c(cc5F)C(=O)N(C5CCC(=O)NC5=O)C6=O)CC4)CC3)cc1CC2. The number of nitrogens with zero attached hydrogens (tertiary/aromatic N) is 5. The van der Waals surface area contributed by atoms with Crippen LogP contribution in [0.5, 0.6) is 11.5 Å². The Hall–Kier alpha value is -7.40. The highest BCUT2D eigenvalue weighted by molar-refractivity contribution is 6.23. The smallest absolute Gasteiger partial charge is 0.262 e. The summed E-state index contributed by atoms with van der Waals surface area (Å²) in [5.74, 6) is -1.59. The maximum absolute atomic E-state index is 15.5. The summed E-state index contributed by atoms with van der Waals surface area (Å²) < 4.78 is 23.2. The van der Waals surface area contributed by atoms with Crippen molar-refractivity contribution in [2.24, 2.45) is 11.7 Å². The minimum atomic E-state index is -1.11. The lowest BCUT2D eigenvalue weighted by molar-refractivity contribution is -0.136. The molecule has 17 heteroatoms. The molecule has 1 atom stereocenters. The maximum atomic E-state index is 15.5. The number of benzene rings is 4. The van der Waals surface area contributed by atoms with E-state index in [2.05, 4.69) is 20.9 Å². The van der Waals surface area contributed by atoms with Crippen LogP contribution >= 0.6 is 0 Å². The molecule has 10 rings (SSSR count). The van der Waals surface area contributed by atoms with Crippen molar-refractivity contribution in [2.75, 3.05) is 42.9 Å². The molecule has 3 fully saturated rings. The zero-order chi connectivity index (χ0) is 45.6. The van der Waals surface area contributed by atoms with Crippen LogP contribution in [0.15, 0.2) is 84.9 Å². The Bertz CT molecular complexity index is 2780. The lowest BCUT2D eigenvalue weighted by atomic mass is 9.85. The second-order valence-corrected chi connectivity index (χ2v) is 17.6. The average molecular weight is 894 g/mol. The molecular weight excluding hydrogens is 846 g/mol. The number of rotatable bonds is 10. The van der Waals surface area contributed by atoms with Crippen LogP contribution in [0.2, 0.25) is 0 Å². The quantitative estimate of drug-likeness (QED) is 0.131. The lowest BCUT2D eigenvalue weighted by Crippen LogP contribution is -2.54. The van der Waals surface area contributed by atoms with Crippen LogP contribution in [0.3, 0.4) is 0 Å². The van der Waals surface area contributed by atoms with Gasteiger partial charge in [-0.05, 0) is 117 Å². The number of aromatic nitrogens is 2. The summed E-state index contributed by atoms with van der Waals surface area (Å²) in [7, 11) is 0. The molecule has 1 saturated carbocycles. The molecule has 2 saturated heterocycles. The van der Waals surface area contributed by atoms with E-state index in [1.165, 1.54) is 6.07 Å². The Balaban J connectivity index is 0.709. The van der Waals surface area contributed by atoms with E-state index in [1.807, 2.05) is 71.6 Å². The molecule has 16 nitrogen and oxygen atoms in total. The number of piperidine rings is 1. The van der Waals surface area contributed by atoms with Gasteiger partial charge in [-0.2, -0.15) is 5.10 Å². The van der Waals surface area contributed by atoms with Crippen molar-refractivity contribution < 1.29 is 37.9 Å². The summed E-state index contributed by atoms with van der Waals surface area (Å²) in [5, 5.41) is 13.6. The molecule has 4 aliphatic heterocycles. The number of anilines is 3. The van der Waals surface area contributed by atoms with Crippen LogP contribution in [0.1, 0.15) is 85.5 Å². The number of aryl methyl sites for hydroxylation is 2. The predicted octanol–water partition coefficient (Wildman–Crippen LogP) is 5.39. The Kier molecular flexibility index (Phi) is 11.3. The highest BCUT2D eigenvalue weighted by Gasteiger charge is 2.45. The van der Waals surface area contributed by atoms with E-state index in [1.54, 1.807) is 10.7 Å². The van der Waals surface area contributed by atoms with Gasteiger partial charge in [0.1, 0.15) is 40.4 Å². The topological polar surface area (TPSA) is 201 Å². The summed E-state index contributed by atoms with van der Waals surface area (Å²) in [6, 6.07) is 23.8. The molecule has 6 amide bonds. The number of imide groups is 2. The highest BCUT2D eigenvalue weighted by atomic mass is 19.1. The van der Waals surface area contributed by atoms with E-state index in [9.17, 15) is 28.8 Å². The monoisotopic (exact) mass is 893 g/mol. The number of ether oxygens (including phenoxy) is 1. The van der Waals surface area contributed by atoms with Gasteiger partial charge >= 0.3 is 0 Å². The molecule has 1 aromatic heterocycles. The second kappa shape index (κ2) is 17.5. The number of piperazine rings is 1. The van der Waals surface area contributed by atoms with Crippen molar-refractivity contribution in [3.8, 4) is 22.8 Å². The highest BCUT2D eigenvalue weighted by Crippen LogP contribution is 2.37. The van der Waals surface area contributed by atoms with Gasteiger partial charge in [-0.15, -0.1) is 0 Å². The number of hydrogen-bond acceptors (Lipinski definition) is 11. The molecule has 0 bridgehead atoms. The van der Waals surface area contributed by atoms with Gasteiger partial charge in [0.15, 0.2) is 0 Å². The molecule has 5 aliphatic rings. The van der Waals surface area contributed by atoms with E-state index in [0.29, 0.717) is 73.6 Å². The van der Waals surface area contributed by atoms with Crippen molar-refractivity contribution >= 4 is 52.6 Å². The molecule has 4 aromatic carbocycles. The van der Waals surface area contributed by atoms with E-state index in [-0.39, 0.29) is 47.2 Å². The van der Waals surface area contributed by atoms with Crippen molar-refractivity contribution in [3.05, 3.63) is 119 Å². The average Bonchev–Trinajstić information content (AvgIpc) is 3.72. The zero-order valence-corrected chi connectivity index (χ0v) is 36.1. The largest absolute Gasteiger partial charge is 0.457 e. The Morgan fingerprint density at radius 2 is 1.50 bits per heavy atom.